The molecule has 0 radical (unpaired) electrons. The van der Waals surface area contributed by atoms with E-state index in [-0.39, 0.29) is 41.2 Å². The second-order valence-corrected chi connectivity index (χ2v) is 7.75. The molecule has 1 amide bonds. The normalized spacial score (nSPS) is 15.1. The van der Waals surface area contributed by atoms with Crippen molar-refractivity contribution < 1.29 is 4.79 Å². The molecular weight excluding hydrogens is 427 g/mol. The highest BCUT2D eigenvalue weighted by molar-refractivity contribution is 14.0. The van der Waals surface area contributed by atoms with Gasteiger partial charge in [-0.15, -0.1) is 24.0 Å². The van der Waals surface area contributed by atoms with Gasteiger partial charge in [0.15, 0.2) is 5.96 Å². The summed E-state index contributed by atoms with van der Waals surface area (Å²) in [4.78, 5) is 16.0. The van der Waals surface area contributed by atoms with E-state index in [0.717, 1.165) is 44.9 Å². The average Bonchev–Trinajstić information content (AvgIpc) is 2.48. The summed E-state index contributed by atoms with van der Waals surface area (Å²) < 4.78 is 0. The lowest BCUT2D eigenvalue weighted by molar-refractivity contribution is -0.127. The van der Waals surface area contributed by atoms with Crippen molar-refractivity contribution >= 4 is 35.8 Å². The molecule has 5 nitrogen and oxygen atoms in total. The maximum absolute atomic E-state index is 11.7. The van der Waals surface area contributed by atoms with Gasteiger partial charge in [0.05, 0.1) is 0 Å². The summed E-state index contributed by atoms with van der Waals surface area (Å²) in [6.07, 6.45) is 9.35. The van der Waals surface area contributed by atoms with Gasteiger partial charge in [0.25, 0.3) is 0 Å². The molecule has 1 aliphatic rings. The SMILES string of the molecule is CCCCCC(C)(C)CNC(=NC)NCCCNC(=O)C1CCC1.I. The molecule has 0 aliphatic heterocycles. The number of amides is 1. The zero-order valence-electron chi connectivity index (χ0n) is 16.6. The van der Waals surface area contributed by atoms with Gasteiger partial charge in [-0.05, 0) is 31.1 Å². The first-order valence-electron chi connectivity index (χ1n) is 9.70. The Morgan fingerprint density at radius 3 is 2.32 bits per heavy atom. The summed E-state index contributed by atoms with van der Waals surface area (Å²) in [5, 5.41) is 9.77. The van der Waals surface area contributed by atoms with E-state index in [1.54, 1.807) is 7.05 Å². The van der Waals surface area contributed by atoms with Crippen LogP contribution in [0.5, 0.6) is 0 Å². The maximum atomic E-state index is 11.7. The van der Waals surface area contributed by atoms with Gasteiger partial charge < -0.3 is 16.0 Å². The van der Waals surface area contributed by atoms with Gasteiger partial charge in [0, 0.05) is 32.6 Å². The van der Waals surface area contributed by atoms with Gasteiger partial charge in [-0.2, -0.15) is 0 Å². The molecule has 0 heterocycles. The van der Waals surface area contributed by atoms with Gasteiger partial charge in [-0.25, -0.2) is 0 Å². The van der Waals surface area contributed by atoms with E-state index < -0.39 is 0 Å². The minimum Gasteiger partial charge on any atom is -0.356 e. The number of hydrogen-bond donors (Lipinski definition) is 3. The van der Waals surface area contributed by atoms with E-state index in [0.29, 0.717) is 0 Å². The van der Waals surface area contributed by atoms with Gasteiger partial charge in [0.2, 0.25) is 5.91 Å². The van der Waals surface area contributed by atoms with Crippen LogP contribution in [0, 0.1) is 11.3 Å². The lowest BCUT2D eigenvalue weighted by Crippen LogP contribution is -2.43. The highest BCUT2D eigenvalue weighted by Gasteiger charge is 2.24. The Hall–Kier alpha value is -0.530. The topological polar surface area (TPSA) is 65.5 Å². The molecule has 6 heteroatoms. The molecule has 0 saturated heterocycles. The molecule has 1 rings (SSSR count). The molecule has 3 N–H and O–H groups in total. The Labute approximate surface area is 171 Å². The van der Waals surface area contributed by atoms with Crippen molar-refractivity contribution in [2.75, 3.05) is 26.7 Å². The molecule has 1 aliphatic carbocycles. The first-order chi connectivity index (χ1) is 11.5. The van der Waals surface area contributed by atoms with Crippen LogP contribution in [-0.2, 0) is 4.79 Å². The highest BCUT2D eigenvalue weighted by Crippen LogP contribution is 2.26. The Bertz CT molecular complexity index is 395. The molecule has 0 atom stereocenters. The van der Waals surface area contributed by atoms with E-state index in [4.69, 9.17) is 0 Å². The van der Waals surface area contributed by atoms with Crippen LogP contribution < -0.4 is 16.0 Å². The molecule has 0 unspecified atom stereocenters. The number of aliphatic imine (C=N–C) groups is 1. The Kier molecular flexibility index (Phi) is 13.4. The Balaban J connectivity index is 0.00000576. The zero-order valence-corrected chi connectivity index (χ0v) is 18.9. The first kappa shape index (κ1) is 24.5. The smallest absolute Gasteiger partial charge is 0.223 e. The fourth-order valence-electron chi connectivity index (χ4n) is 2.81. The summed E-state index contributed by atoms with van der Waals surface area (Å²) in [5.41, 5.74) is 0.281. The van der Waals surface area contributed by atoms with Crippen LogP contribution in [0.3, 0.4) is 0 Å². The first-order valence-corrected chi connectivity index (χ1v) is 9.70. The van der Waals surface area contributed by atoms with E-state index in [1.807, 2.05) is 0 Å². The molecule has 1 saturated carbocycles. The van der Waals surface area contributed by atoms with Crippen LogP contribution >= 0.6 is 24.0 Å². The lowest BCUT2D eigenvalue weighted by Gasteiger charge is -2.26. The lowest BCUT2D eigenvalue weighted by atomic mass is 9.85. The molecule has 0 bridgehead atoms. The Morgan fingerprint density at radius 1 is 1.08 bits per heavy atom. The maximum Gasteiger partial charge on any atom is 0.223 e. The third-order valence-corrected chi connectivity index (χ3v) is 4.84. The van der Waals surface area contributed by atoms with Crippen LogP contribution in [0.15, 0.2) is 4.99 Å². The molecule has 0 aromatic rings. The van der Waals surface area contributed by atoms with Gasteiger partial charge in [-0.3, -0.25) is 9.79 Å². The van der Waals surface area contributed by atoms with Crippen molar-refractivity contribution in [3.8, 4) is 0 Å². The molecule has 0 spiro atoms. The number of nitrogens with zero attached hydrogens (tertiary/aromatic N) is 1. The summed E-state index contributed by atoms with van der Waals surface area (Å²) in [6, 6.07) is 0. The van der Waals surface area contributed by atoms with Crippen LogP contribution in [0.25, 0.3) is 0 Å². The number of rotatable bonds is 11. The number of guanidine groups is 1. The van der Waals surface area contributed by atoms with Crippen molar-refractivity contribution in [3.63, 3.8) is 0 Å². The van der Waals surface area contributed by atoms with Crippen LogP contribution in [-0.4, -0.2) is 38.5 Å². The largest absolute Gasteiger partial charge is 0.356 e. The standard InChI is InChI=1S/C19H38N4O.HI/c1-5-6-7-12-19(2,3)15-23-18(20-4)22-14-9-13-21-17(24)16-10-8-11-16;/h16H,5-15H2,1-4H3,(H,21,24)(H2,20,22,23);1H. The second-order valence-electron chi connectivity index (χ2n) is 7.75. The van der Waals surface area contributed by atoms with Crippen molar-refractivity contribution in [2.24, 2.45) is 16.3 Å². The van der Waals surface area contributed by atoms with Crippen molar-refractivity contribution in [2.45, 2.75) is 72.1 Å². The van der Waals surface area contributed by atoms with Gasteiger partial charge in [-0.1, -0.05) is 46.5 Å². The van der Waals surface area contributed by atoms with Gasteiger partial charge >= 0.3 is 0 Å². The molecule has 1 fully saturated rings. The summed E-state index contributed by atoms with van der Waals surface area (Å²) in [6.45, 7) is 9.33. The number of carbonyl (C=O) groups excluding carboxylic acids is 1. The fraction of sp³-hybridized carbons (Fsp3) is 0.895. The number of hydrogen-bond acceptors (Lipinski definition) is 2. The van der Waals surface area contributed by atoms with Crippen molar-refractivity contribution in [1.82, 2.24) is 16.0 Å². The minimum atomic E-state index is 0. The molecule has 0 aromatic carbocycles. The monoisotopic (exact) mass is 466 g/mol. The van der Waals surface area contributed by atoms with E-state index >= 15 is 0 Å². The van der Waals surface area contributed by atoms with Crippen molar-refractivity contribution in [3.05, 3.63) is 0 Å². The van der Waals surface area contributed by atoms with E-state index in [9.17, 15) is 4.79 Å². The molecule has 25 heavy (non-hydrogen) atoms. The third kappa shape index (κ3) is 10.9. The van der Waals surface area contributed by atoms with Crippen LogP contribution in [0.2, 0.25) is 0 Å². The van der Waals surface area contributed by atoms with E-state index in [2.05, 4.69) is 41.7 Å². The molecular formula is C19H39IN4O. The number of carbonyl (C=O) groups is 1. The molecule has 0 aromatic heterocycles. The van der Waals surface area contributed by atoms with Crippen molar-refractivity contribution in [1.29, 1.82) is 0 Å². The predicted molar refractivity (Wildman–Crippen MR) is 118 cm³/mol. The average molecular weight is 466 g/mol. The fourth-order valence-corrected chi connectivity index (χ4v) is 2.81. The third-order valence-electron chi connectivity index (χ3n) is 4.84. The zero-order chi connectivity index (χ0) is 17.8. The highest BCUT2D eigenvalue weighted by atomic mass is 127. The number of halogens is 1. The van der Waals surface area contributed by atoms with Gasteiger partial charge in [0.1, 0.15) is 0 Å². The quantitative estimate of drug-likeness (QED) is 0.188. The predicted octanol–water partition coefficient (Wildman–Crippen LogP) is 3.68. The number of unbranched alkanes of at least 4 members (excludes halogenated alkanes) is 2. The van der Waals surface area contributed by atoms with Crippen LogP contribution in [0.4, 0.5) is 0 Å². The van der Waals surface area contributed by atoms with Crippen LogP contribution in [0.1, 0.15) is 72.1 Å². The minimum absolute atomic E-state index is 0. The summed E-state index contributed by atoms with van der Waals surface area (Å²) >= 11 is 0. The Morgan fingerprint density at radius 2 is 1.76 bits per heavy atom. The molecule has 148 valence electrons. The summed E-state index contributed by atoms with van der Waals surface area (Å²) in [5.74, 6) is 1.36. The number of nitrogens with one attached hydrogen (secondary N) is 3. The second kappa shape index (κ2) is 13.6. The van der Waals surface area contributed by atoms with E-state index in [1.165, 1.54) is 32.1 Å². The summed E-state index contributed by atoms with van der Waals surface area (Å²) in [7, 11) is 1.80.